The Morgan fingerprint density at radius 1 is 0.812 bits per heavy atom. The first kappa shape index (κ1) is 14.9. The number of rotatable bonds is 0. The van der Waals surface area contributed by atoms with Gasteiger partial charge in [-0.25, -0.2) is 0 Å². The zero-order valence-electron chi connectivity index (χ0n) is 8.87. The lowest BCUT2D eigenvalue weighted by Crippen LogP contribution is -2.39. The van der Waals surface area contributed by atoms with Crippen LogP contribution < -0.4 is 10.6 Å². The second-order valence-electron chi connectivity index (χ2n) is 2.77. The van der Waals surface area contributed by atoms with Crippen LogP contribution in [0.5, 0.6) is 0 Å². The van der Waals surface area contributed by atoms with E-state index in [2.05, 4.69) is 15.6 Å². The van der Waals surface area contributed by atoms with Gasteiger partial charge in [0.15, 0.2) is 0 Å². The number of piperazine rings is 1. The maximum Gasteiger partial charge on any atom is 0.762 e. The summed E-state index contributed by atoms with van der Waals surface area (Å²) < 4.78 is 29.0. The highest BCUT2D eigenvalue weighted by molar-refractivity contribution is 6.33. The molecule has 0 unspecified atom stereocenters. The van der Waals surface area contributed by atoms with Gasteiger partial charge in [0.1, 0.15) is 0 Å². The summed E-state index contributed by atoms with van der Waals surface area (Å²) in [5, 5.41) is 6.44. The molecule has 0 amide bonds. The van der Waals surface area contributed by atoms with E-state index in [1.165, 1.54) is 0 Å². The quantitative estimate of drug-likeness (QED) is 0.660. The summed E-state index contributed by atoms with van der Waals surface area (Å²) in [5.41, 5.74) is 0. The van der Waals surface area contributed by atoms with E-state index in [0.29, 0.717) is 0 Å². The van der Waals surface area contributed by atoms with Crippen LogP contribution in [0, 0.1) is 0 Å². The Bertz CT molecular complexity index is 182. The minimum Gasteiger partial charge on any atom is -0.314 e. The lowest BCUT2D eigenvalue weighted by Gasteiger charge is -2.11. The highest BCUT2D eigenvalue weighted by Gasteiger charge is 2.06. The van der Waals surface area contributed by atoms with Crippen molar-refractivity contribution in [1.29, 1.82) is 0 Å². The van der Waals surface area contributed by atoms with E-state index in [-0.39, 0.29) is 0 Å². The first-order valence-electron chi connectivity index (χ1n) is 4.92. The predicted octanol–water partition coefficient (Wildman–Crippen LogP) is 1.14. The van der Waals surface area contributed by atoms with Crippen molar-refractivity contribution in [3.8, 4) is 0 Å². The Morgan fingerprint density at radius 2 is 1.19 bits per heavy atom. The minimum atomic E-state index is -3.67. The van der Waals surface area contributed by atoms with Crippen LogP contribution in [0.3, 0.4) is 0 Å². The highest BCUT2D eigenvalue weighted by Crippen LogP contribution is 1.80. The summed E-state index contributed by atoms with van der Waals surface area (Å²) in [4.78, 5) is 3.78. The molecule has 0 aromatic carbocycles. The molecule has 90 valence electrons. The molecule has 0 aliphatic carbocycles. The molecule has 1 aliphatic rings. The van der Waals surface area contributed by atoms with Gasteiger partial charge in [-0.1, -0.05) is 6.07 Å². The summed E-state index contributed by atoms with van der Waals surface area (Å²) >= 11 is 0. The van der Waals surface area contributed by atoms with E-state index in [9.17, 15) is 12.9 Å². The van der Waals surface area contributed by atoms with Gasteiger partial charge in [0.2, 0.25) is 0 Å². The fourth-order valence-electron chi connectivity index (χ4n) is 0.916. The molecule has 3 nitrogen and oxygen atoms in total. The predicted molar refractivity (Wildman–Crippen MR) is 59.1 cm³/mol. The lowest BCUT2D eigenvalue weighted by atomic mass is 10.4. The van der Waals surface area contributed by atoms with E-state index >= 15 is 0 Å². The Kier molecular flexibility index (Phi) is 11.2. The fourth-order valence-corrected chi connectivity index (χ4v) is 0.916. The van der Waals surface area contributed by atoms with Crippen LogP contribution in [0.2, 0.25) is 0 Å². The average Bonchev–Trinajstić information content (AvgIpc) is 2.34. The second kappa shape index (κ2) is 12.0. The van der Waals surface area contributed by atoms with E-state index in [1.807, 2.05) is 18.2 Å². The number of nitrogens with one attached hydrogen (secondary N) is 2. The molecule has 2 N–H and O–H groups in total. The monoisotopic (exact) mass is 233 g/mol. The summed E-state index contributed by atoms with van der Waals surface area (Å²) in [7, 11) is -3.67. The van der Waals surface area contributed by atoms with Crippen LogP contribution in [0.15, 0.2) is 30.6 Å². The van der Waals surface area contributed by atoms with Crippen molar-refractivity contribution in [2.75, 3.05) is 26.2 Å². The van der Waals surface area contributed by atoms with Crippen molar-refractivity contribution < 1.29 is 12.9 Å². The Labute approximate surface area is 93.7 Å². The largest absolute Gasteiger partial charge is 0.762 e. The fraction of sp³-hybridized carbons (Fsp3) is 0.444. The van der Waals surface area contributed by atoms with Gasteiger partial charge in [0, 0.05) is 38.6 Å². The number of nitrogens with zero attached hydrogens (tertiary/aromatic N) is 1. The van der Waals surface area contributed by atoms with Gasteiger partial charge in [-0.2, -0.15) is 0 Å². The van der Waals surface area contributed by atoms with Crippen LogP contribution in [0.4, 0.5) is 12.9 Å². The van der Waals surface area contributed by atoms with Crippen LogP contribution in [0.25, 0.3) is 0 Å². The third-order valence-corrected chi connectivity index (χ3v) is 1.52. The van der Waals surface area contributed by atoms with Gasteiger partial charge in [-0.3, -0.25) is 17.9 Å². The third kappa shape index (κ3) is 15.4. The molecule has 16 heavy (non-hydrogen) atoms. The van der Waals surface area contributed by atoms with Gasteiger partial charge in [-0.05, 0) is 12.1 Å². The Hall–Kier alpha value is -1.08. The molecule has 1 aromatic heterocycles. The first-order chi connectivity index (χ1) is 7.73. The van der Waals surface area contributed by atoms with Gasteiger partial charge in [0.25, 0.3) is 0 Å². The van der Waals surface area contributed by atoms with Crippen molar-refractivity contribution in [3.05, 3.63) is 30.6 Å². The molecule has 0 radical (unpaired) electrons. The topological polar surface area (TPSA) is 37.0 Å². The number of pyridine rings is 1. The molecular weight excluding hydrogens is 218 g/mol. The number of hydrogen-bond acceptors (Lipinski definition) is 3. The molecule has 1 aliphatic heterocycles. The van der Waals surface area contributed by atoms with Crippen LogP contribution >= 0.6 is 0 Å². The molecule has 1 fully saturated rings. The molecule has 7 heteroatoms. The van der Waals surface area contributed by atoms with E-state index in [1.54, 1.807) is 12.4 Å². The normalized spacial score (nSPS) is 13.7. The van der Waals surface area contributed by atoms with Crippen molar-refractivity contribution >= 4 is 7.54 Å². The van der Waals surface area contributed by atoms with Crippen molar-refractivity contribution in [2.24, 2.45) is 0 Å². The van der Waals surface area contributed by atoms with Crippen molar-refractivity contribution in [2.45, 2.75) is 0 Å². The zero-order valence-corrected chi connectivity index (χ0v) is 8.87. The van der Waals surface area contributed by atoms with Crippen molar-refractivity contribution in [3.63, 3.8) is 0 Å². The summed E-state index contributed by atoms with van der Waals surface area (Å²) in [6.45, 7) is 4.56. The third-order valence-electron chi connectivity index (χ3n) is 1.52. The van der Waals surface area contributed by atoms with Gasteiger partial charge in [0.05, 0.1) is 0 Å². The minimum absolute atomic E-state index is 1.14. The summed E-state index contributed by atoms with van der Waals surface area (Å²) in [6.07, 6.45) is 3.50. The smallest absolute Gasteiger partial charge is 0.314 e. The number of hydrogen-bond donors (Lipinski definition) is 2. The SMILES string of the molecule is C1CNCCN1.FB(F)F.c1ccncc1. The molecule has 0 bridgehead atoms. The lowest BCUT2D eigenvalue weighted by molar-refractivity contribution is 0.534. The molecular formula is C9H15BF3N3. The highest BCUT2D eigenvalue weighted by atomic mass is 19.4. The van der Waals surface area contributed by atoms with Crippen molar-refractivity contribution in [1.82, 2.24) is 15.6 Å². The van der Waals surface area contributed by atoms with E-state index in [0.717, 1.165) is 26.2 Å². The van der Waals surface area contributed by atoms with Gasteiger partial charge >= 0.3 is 7.54 Å². The van der Waals surface area contributed by atoms with Gasteiger partial charge in [-0.15, -0.1) is 0 Å². The number of aromatic nitrogens is 1. The molecule has 2 rings (SSSR count). The molecule has 1 saturated heterocycles. The maximum absolute atomic E-state index is 9.67. The molecule has 0 spiro atoms. The first-order valence-corrected chi connectivity index (χ1v) is 4.92. The Balaban J connectivity index is 0.000000217. The van der Waals surface area contributed by atoms with Crippen LogP contribution in [-0.2, 0) is 0 Å². The molecule has 2 heterocycles. The molecule has 0 saturated carbocycles. The maximum atomic E-state index is 9.67. The van der Waals surface area contributed by atoms with E-state index < -0.39 is 7.54 Å². The Morgan fingerprint density at radius 3 is 1.31 bits per heavy atom. The van der Waals surface area contributed by atoms with Crippen LogP contribution in [0.1, 0.15) is 0 Å². The standard InChI is InChI=1S/C5H5N.C4H10N2.BF3/c1-2-4-6-5-3-1;1-2-6-4-3-5-1;2-1(3)4/h1-5H;5-6H,1-4H2;. The van der Waals surface area contributed by atoms with Crippen LogP contribution in [-0.4, -0.2) is 38.7 Å². The number of halogens is 3. The summed E-state index contributed by atoms with van der Waals surface area (Å²) in [6, 6.07) is 5.72. The summed E-state index contributed by atoms with van der Waals surface area (Å²) in [5.74, 6) is 0. The second-order valence-corrected chi connectivity index (χ2v) is 2.77. The van der Waals surface area contributed by atoms with E-state index in [4.69, 9.17) is 0 Å². The molecule has 1 aromatic rings. The zero-order chi connectivity index (χ0) is 12.1. The molecule has 0 atom stereocenters. The average molecular weight is 233 g/mol. The van der Waals surface area contributed by atoms with Gasteiger partial charge < -0.3 is 10.6 Å².